The monoisotopic (exact) mass is 263 g/mol. The van der Waals surface area contributed by atoms with Gasteiger partial charge in [0.25, 0.3) is 5.91 Å². The Hall–Kier alpha value is -1.55. The summed E-state index contributed by atoms with van der Waals surface area (Å²) in [7, 11) is 3.35. The van der Waals surface area contributed by atoms with Crippen molar-refractivity contribution in [2.75, 3.05) is 14.2 Å². The molecule has 1 aromatic carbocycles. The molecule has 1 aliphatic rings. The van der Waals surface area contributed by atoms with E-state index in [0.29, 0.717) is 11.3 Å². The molecule has 1 N–H and O–H groups in total. The summed E-state index contributed by atoms with van der Waals surface area (Å²) in [5, 5.41) is 10.0. The van der Waals surface area contributed by atoms with E-state index in [-0.39, 0.29) is 11.9 Å². The fourth-order valence-corrected chi connectivity index (χ4v) is 2.65. The first-order valence-corrected chi connectivity index (χ1v) is 6.72. The van der Waals surface area contributed by atoms with Crippen LogP contribution in [0.5, 0.6) is 5.75 Å². The van der Waals surface area contributed by atoms with Crippen molar-refractivity contribution in [3.05, 3.63) is 29.8 Å². The van der Waals surface area contributed by atoms with Crippen molar-refractivity contribution in [1.82, 2.24) is 4.90 Å². The number of aliphatic hydroxyl groups is 1. The number of likely N-dealkylation sites (N-methyl/N-ethyl adjacent to an activating group) is 1. The van der Waals surface area contributed by atoms with Gasteiger partial charge in [-0.2, -0.15) is 0 Å². The van der Waals surface area contributed by atoms with Crippen LogP contribution < -0.4 is 4.74 Å². The lowest BCUT2D eigenvalue weighted by atomic mass is 9.91. The van der Waals surface area contributed by atoms with Crippen LogP contribution in [0.25, 0.3) is 0 Å². The first-order valence-electron chi connectivity index (χ1n) is 6.72. The second-order valence-electron chi connectivity index (χ2n) is 5.07. The summed E-state index contributed by atoms with van der Waals surface area (Å²) in [6.45, 7) is 0. The fraction of sp³-hybridized carbons (Fsp3) is 0.533. The minimum Gasteiger partial charge on any atom is -0.497 e. The smallest absolute Gasteiger partial charge is 0.254 e. The van der Waals surface area contributed by atoms with Gasteiger partial charge in [-0.25, -0.2) is 0 Å². The number of carbonyl (C=O) groups is 1. The van der Waals surface area contributed by atoms with E-state index >= 15 is 0 Å². The van der Waals surface area contributed by atoms with Crippen molar-refractivity contribution in [3.63, 3.8) is 0 Å². The summed E-state index contributed by atoms with van der Waals surface area (Å²) < 4.78 is 5.13. The van der Waals surface area contributed by atoms with Crippen LogP contribution in [0.15, 0.2) is 24.3 Å². The largest absolute Gasteiger partial charge is 0.497 e. The second kappa shape index (κ2) is 6.06. The molecule has 0 bridgehead atoms. The number of carbonyl (C=O) groups excluding carboxylic acids is 1. The lowest BCUT2D eigenvalue weighted by Crippen LogP contribution is -2.46. The maximum absolute atomic E-state index is 12.4. The van der Waals surface area contributed by atoms with E-state index in [1.165, 1.54) is 0 Å². The van der Waals surface area contributed by atoms with Gasteiger partial charge < -0.3 is 14.7 Å². The Morgan fingerprint density at radius 2 is 2.11 bits per heavy atom. The van der Waals surface area contributed by atoms with Crippen molar-refractivity contribution >= 4 is 5.91 Å². The summed E-state index contributed by atoms with van der Waals surface area (Å²) in [6, 6.07) is 7.04. The molecule has 0 aromatic heterocycles. The summed E-state index contributed by atoms with van der Waals surface area (Å²) >= 11 is 0. The lowest BCUT2D eigenvalue weighted by Gasteiger charge is -2.35. The van der Waals surface area contributed by atoms with E-state index in [4.69, 9.17) is 4.74 Å². The molecule has 0 unspecified atom stereocenters. The molecule has 0 heterocycles. The molecule has 0 radical (unpaired) electrons. The molecule has 0 aliphatic heterocycles. The molecule has 0 spiro atoms. The molecule has 19 heavy (non-hydrogen) atoms. The maximum Gasteiger partial charge on any atom is 0.254 e. The first-order chi connectivity index (χ1) is 9.13. The van der Waals surface area contributed by atoms with Crippen LogP contribution in [-0.2, 0) is 0 Å². The Labute approximate surface area is 114 Å². The molecule has 2 rings (SSSR count). The number of hydrogen-bond donors (Lipinski definition) is 1. The van der Waals surface area contributed by atoms with Gasteiger partial charge in [0.2, 0.25) is 0 Å². The number of hydrogen-bond acceptors (Lipinski definition) is 3. The van der Waals surface area contributed by atoms with Crippen LogP contribution in [0.3, 0.4) is 0 Å². The number of ether oxygens (including phenoxy) is 1. The van der Waals surface area contributed by atoms with Gasteiger partial charge >= 0.3 is 0 Å². The standard InChI is InChI=1S/C15H21NO3/c1-16(13-8-3-4-9-14(13)17)15(18)11-6-5-7-12(10-11)19-2/h5-7,10,13-14,17H,3-4,8-9H2,1-2H3/t13-,14-/m0/s1. The van der Waals surface area contributed by atoms with Crippen molar-refractivity contribution in [1.29, 1.82) is 0 Å². The van der Waals surface area contributed by atoms with E-state index < -0.39 is 6.10 Å². The molecule has 1 saturated carbocycles. The Morgan fingerprint density at radius 3 is 2.79 bits per heavy atom. The van der Waals surface area contributed by atoms with Gasteiger partial charge in [0, 0.05) is 12.6 Å². The zero-order valence-electron chi connectivity index (χ0n) is 11.5. The summed E-state index contributed by atoms with van der Waals surface area (Å²) in [6.07, 6.45) is 3.35. The zero-order valence-corrected chi connectivity index (χ0v) is 11.5. The summed E-state index contributed by atoms with van der Waals surface area (Å²) in [5.74, 6) is 0.605. The Kier molecular flexibility index (Phi) is 4.43. The third-order valence-electron chi connectivity index (χ3n) is 3.83. The number of methoxy groups -OCH3 is 1. The predicted octanol–water partition coefficient (Wildman–Crippen LogP) is 2.07. The van der Waals surface area contributed by atoms with Gasteiger partial charge in [-0.1, -0.05) is 18.9 Å². The normalized spacial score (nSPS) is 22.9. The average molecular weight is 263 g/mol. The SMILES string of the molecule is COc1cccc(C(=O)N(C)[C@H]2CCCC[C@@H]2O)c1. The van der Waals surface area contributed by atoms with Crippen LogP contribution in [0, 0.1) is 0 Å². The Bertz CT molecular complexity index is 447. The van der Waals surface area contributed by atoms with Crippen molar-refractivity contribution in [2.24, 2.45) is 0 Å². The molecule has 1 aliphatic carbocycles. The van der Waals surface area contributed by atoms with Gasteiger partial charge in [-0.05, 0) is 31.0 Å². The average Bonchev–Trinajstić information content (AvgIpc) is 2.46. The predicted molar refractivity (Wildman–Crippen MR) is 73.4 cm³/mol. The summed E-state index contributed by atoms with van der Waals surface area (Å²) in [4.78, 5) is 14.1. The first kappa shape index (κ1) is 13.9. The van der Waals surface area contributed by atoms with Gasteiger partial charge in [-0.15, -0.1) is 0 Å². The van der Waals surface area contributed by atoms with E-state index in [2.05, 4.69) is 0 Å². The van der Waals surface area contributed by atoms with Crippen molar-refractivity contribution in [2.45, 2.75) is 37.8 Å². The molecule has 1 fully saturated rings. The van der Waals surface area contributed by atoms with Crippen LogP contribution in [0.1, 0.15) is 36.0 Å². The van der Waals surface area contributed by atoms with Gasteiger partial charge in [0.05, 0.1) is 19.3 Å². The highest BCUT2D eigenvalue weighted by Crippen LogP contribution is 2.24. The highest BCUT2D eigenvalue weighted by atomic mass is 16.5. The van der Waals surface area contributed by atoms with Crippen molar-refractivity contribution in [3.8, 4) is 5.75 Å². The number of rotatable bonds is 3. The van der Waals surface area contributed by atoms with Crippen molar-refractivity contribution < 1.29 is 14.6 Å². The molecule has 1 aromatic rings. The van der Waals surface area contributed by atoms with E-state index in [1.807, 2.05) is 6.07 Å². The van der Waals surface area contributed by atoms with Gasteiger partial charge in [0.15, 0.2) is 0 Å². The second-order valence-corrected chi connectivity index (χ2v) is 5.07. The number of aliphatic hydroxyl groups excluding tert-OH is 1. The Balaban J connectivity index is 2.13. The minimum atomic E-state index is -0.409. The van der Waals surface area contributed by atoms with Crippen LogP contribution in [0.2, 0.25) is 0 Å². The highest BCUT2D eigenvalue weighted by molar-refractivity contribution is 5.94. The Morgan fingerprint density at radius 1 is 1.37 bits per heavy atom. The number of nitrogens with zero attached hydrogens (tertiary/aromatic N) is 1. The van der Waals surface area contributed by atoms with E-state index in [0.717, 1.165) is 25.7 Å². The summed E-state index contributed by atoms with van der Waals surface area (Å²) in [5.41, 5.74) is 0.597. The van der Waals surface area contributed by atoms with Crippen LogP contribution in [0.4, 0.5) is 0 Å². The molecule has 0 saturated heterocycles. The third-order valence-corrected chi connectivity index (χ3v) is 3.83. The fourth-order valence-electron chi connectivity index (χ4n) is 2.65. The highest BCUT2D eigenvalue weighted by Gasteiger charge is 2.29. The maximum atomic E-state index is 12.4. The van der Waals surface area contributed by atoms with E-state index in [9.17, 15) is 9.90 Å². The van der Waals surface area contributed by atoms with Gasteiger partial charge in [-0.3, -0.25) is 4.79 Å². The number of amides is 1. The molecule has 1 amide bonds. The lowest BCUT2D eigenvalue weighted by molar-refractivity contribution is 0.0268. The minimum absolute atomic E-state index is 0.0650. The number of benzene rings is 1. The van der Waals surface area contributed by atoms with Crippen LogP contribution >= 0.6 is 0 Å². The zero-order chi connectivity index (χ0) is 13.8. The molecular weight excluding hydrogens is 242 g/mol. The van der Waals surface area contributed by atoms with E-state index in [1.54, 1.807) is 37.3 Å². The topological polar surface area (TPSA) is 49.8 Å². The quantitative estimate of drug-likeness (QED) is 0.908. The molecule has 4 heteroatoms. The molecule has 104 valence electrons. The molecular formula is C15H21NO3. The molecule has 2 atom stereocenters. The molecule has 4 nitrogen and oxygen atoms in total. The van der Waals surface area contributed by atoms with Gasteiger partial charge in [0.1, 0.15) is 5.75 Å². The van der Waals surface area contributed by atoms with Crippen LogP contribution in [-0.4, -0.2) is 42.2 Å². The third kappa shape index (κ3) is 3.07.